The predicted molar refractivity (Wildman–Crippen MR) is 108 cm³/mol. The van der Waals surface area contributed by atoms with Gasteiger partial charge in [0.2, 0.25) is 5.91 Å². The molecule has 2 fully saturated rings. The highest BCUT2D eigenvalue weighted by atomic mass is 32.2. The Hall–Kier alpha value is -1.35. The molecule has 2 amide bonds. The summed E-state index contributed by atoms with van der Waals surface area (Å²) < 4.78 is 28.6. The average Bonchev–Trinajstić information content (AvgIpc) is 2.93. The molecule has 0 radical (unpaired) electrons. The molecule has 2 atom stereocenters. The number of carbonyl (C=O) groups is 2. The zero-order chi connectivity index (χ0) is 21.1. The number of nitrogens with zero attached hydrogens (tertiary/aromatic N) is 2. The Morgan fingerprint density at radius 1 is 1.14 bits per heavy atom. The second-order valence-corrected chi connectivity index (χ2v) is 11.4. The summed E-state index contributed by atoms with van der Waals surface area (Å²) in [6, 6.07) is 0.0805. The van der Waals surface area contributed by atoms with Gasteiger partial charge in [-0.1, -0.05) is 13.8 Å². The number of ether oxygens (including phenoxy) is 1. The molecule has 0 aromatic rings. The highest BCUT2D eigenvalue weighted by Gasteiger charge is 2.36. The summed E-state index contributed by atoms with van der Waals surface area (Å²) in [4.78, 5) is 28.9. The Kier molecular flexibility index (Phi) is 7.36. The topological polar surface area (TPSA) is 96.0 Å². The van der Waals surface area contributed by atoms with Crippen LogP contribution in [-0.4, -0.2) is 86.1 Å². The number of carbonyl (C=O) groups excluding carboxylic acids is 2. The minimum absolute atomic E-state index is 0.0322. The zero-order valence-electron chi connectivity index (χ0n) is 17.7. The van der Waals surface area contributed by atoms with Gasteiger partial charge in [-0.2, -0.15) is 0 Å². The fourth-order valence-electron chi connectivity index (χ4n) is 3.72. The fraction of sp³-hybridized carbons (Fsp3) is 0.895. The molecule has 162 valence electrons. The lowest BCUT2D eigenvalue weighted by atomic mass is 9.94. The van der Waals surface area contributed by atoms with Crippen LogP contribution in [0.25, 0.3) is 0 Å². The molecule has 9 heteroatoms. The Morgan fingerprint density at radius 2 is 1.75 bits per heavy atom. The van der Waals surface area contributed by atoms with Gasteiger partial charge in [0, 0.05) is 38.8 Å². The first-order chi connectivity index (χ1) is 12.9. The minimum atomic E-state index is -2.90. The van der Waals surface area contributed by atoms with Crippen LogP contribution in [-0.2, 0) is 19.4 Å². The fourth-order valence-corrected chi connectivity index (χ4v) is 5.48. The van der Waals surface area contributed by atoms with E-state index in [1.807, 2.05) is 18.7 Å². The van der Waals surface area contributed by atoms with Gasteiger partial charge in [-0.3, -0.25) is 9.69 Å². The summed E-state index contributed by atoms with van der Waals surface area (Å²) >= 11 is 0. The zero-order valence-corrected chi connectivity index (χ0v) is 18.5. The van der Waals surface area contributed by atoms with Gasteiger partial charge in [-0.25, -0.2) is 13.2 Å². The van der Waals surface area contributed by atoms with E-state index < -0.39 is 21.5 Å². The number of alkyl carbamates (subject to hydrolysis) is 1. The van der Waals surface area contributed by atoms with E-state index in [9.17, 15) is 18.0 Å². The normalized spacial score (nSPS) is 24.2. The van der Waals surface area contributed by atoms with E-state index in [2.05, 4.69) is 10.2 Å². The largest absolute Gasteiger partial charge is 0.444 e. The highest BCUT2D eigenvalue weighted by Crippen LogP contribution is 2.21. The van der Waals surface area contributed by atoms with Crippen molar-refractivity contribution in [3.05, 3.63) is 0 Å². The molecule has 0 aromatic heterocycles. The molecule has 0 aliphatic carbocycles. The molecule has 2 aliphatic rings. The Labute approximate surface area is 168 Å². The van der Waals surface area contributed by atoms with Gasteiger partial charge >= 0.3 is 6.09 Å². The van der Waals surface area contributed by atoms with E-state index in [0.29, 0.717) is 32.6 Å². The summed E-state index contributed by atoms with van der Waals surface area (Å²) in [6.07, 6.45) is 0.170. The lowest BCUT2D eigenvalue weighted by molar-refractivity contribution is -0.138. The quantitative estimate of drug-likeness (QED) is 0.720. The van der Waals surface area contributed by atoms with Crippen LogP contribution >= 0.6 is 0 Å². The molecular weight excluding hydrogens is 382 g/mol. The van der Waals surface area contributed by atoms with Gasteiger partial charge in [0.25, 0.3) is 0 Å². The molecule has 0 saturated carbocycles. The number of hydrogen-bond acceptors (Lipinski definition) is 6. The van der Waals surface area contributed by atoms with Crippen LogP contribution in [0.5, 0.6) is 0 Å². The van der Waals surface area contributed by atoms with Crippen LogP contribution in [0.2, 0.25) is 0 Å². The Morgan fingerprint density at radius 3 is 2.21 bits per heavy atom. The van der Waals surface area contributed by atoms with Crippen molar-refractivity contribution < 1.29 is 22.7 Å². The highest BCUT2D eigenvalue weighted by molar-refractivity contribution is 7.91. The molecule has 2 aliphatic heterocycles. The molecule has 28 heavy (non-hydrogen) atoms. The molecule has 0 aromatic carbocycles. The van der Waals surface area contributed by atoms with Crippen molar-refractivity contribution in [2.75, 3.05) is 44.2 Å². The van der Waals surface area contributed by atoms with E-state index in [4.69, 9.17) is 4.74 Å². The summed E-state index contributed by atoms with van der Waals surface area (Å²) in [5, 5.41) is 2.72. The lowest BCUT2D eigenvalue weighted by Crippen LogP contribution is -2.54. The van der Waals surface area contributed by atoms with E-state index in [-0.39, 0.29) is 41.8 Å². The van der Waals surface area contributed by atoms with Gasteiger partial charge < -0.3 is 15.0 Å². The average molecular weight is 418 g/mol. The van der Waals surface area contributed by atoms with Gasteiger partial charge in [-0.05, 0) is 33.1 Å². The second-order valence-electron chi connectivity index (χ2n) is 9.15. The number of nitrogens with one attached hydrogen (secondary N) is 1. The molecular formula is C19H35N3O5S. The molecule has 1 N–H and O–H groups in total. The van der Waals surface area contributed by atoms with Crippen LogP contribution in [0.4, 0.5) is 4.79 Å². The summed E-state index contributed by atoms with van der Waals surface area (Å²) in [7, 11) is -2.90. The smallest absolute Gasteiger partial charge is 0.407 e. The summed E-state index contributed by atoms with van der Waals surface area (Å²) in [6.45, 7) is 12.1. The van der Waals surface area contributed by atoms with Crippen molar-refractivity contribution in [3.63, 3.8) is 0 Å². The van der Waals surface area contributed by atoms with Gasteiger partial charge in [-0.15, -0.1) is 0 Å². The SMILES string of the molecule is CC(C)[C@H](CNC(=O)OC(C)(C)C)C(=O)N1CCN([C@H]2CCS(=O)(=O)C2)CC1. The van der Waals surface area contributed by atoms with E-state index >= 15 is 0 Å². The van der Waals surface area contributed by atoms with E-state index in [1.165, 1.54) is 0 Å². The molecule has 0 unspecified atom stereocenters. The lowest BCUT2D eigenvalue weighted by Gasteiger charge is -2.39. The first-order valence-corrected chi connectivity index (χ1v) is 11.9. The van der Waals surface area contributed by atoms with Gasteiger partial charge in [0.15, 0.2) is 9.84 Å². The third kappa shape index (κ3) is 6.62. The number of hydrogen-bond donors (Lipinski definition) is 1. The maximum absolute atomic E-state index is 13.0. The van der Waals surface area contributed by atoms with Crippen LogP contribution in [0.15, 0.2) is 0 Å². The molecule has 2 rings (SSSR count). The van der Waals surface area contributed by atoms with Crippen LogP contribution in [0.1, 0.15) is 41.0 Å². The van der Waals surface area contributed by atoms with Crippen molar-refractivity contribution >= 4 is 21.8 Å². The minimum Gasteiger partial charge on any atom is -0.444 e. The molecule has 0 bridgehead atoms. The van der Waals surface area contributed by atoms with Crippen LogP contribution < -0.4 is 5.32 Å². The first-order valence-electron chi connectivity index (χ1n) is 10.1. The van der Waals surface area contributed by atoms with Crippen molar-refractivity contribution in [1.82, 2.24) is 15.1 Å². The standard InChI is InChI=1S/C19H35N3O5S/c1-14(2)16(12-20-18(24)27-19(3,4)5)17(23)22-9-7-21(8-10-22)15-6-11-28(25,26)13-15/h14-16H,6-13H2,1-5H3,(H,20,24)/t15-,16-/m0/s1. The number of sulfone groups is 1. The maximum Gasteiger partial charge on any atom is 0.407 e. The molecule has 2 heterocycles. The number of amides is 2. The Balaban J connectivity index is 1.86. The first kappa shape index (κ1) is 22.9. The van der Waals surface area contributed by atoms with Crippen LogP contribution in [0.3, 0.4) is 0 Å². The van der Waals surface area contributed by atoms with Crippen molar-refractivity contribution in [2.45, 2.75) is 52.7 Å². The predicted octanol–water partition coefficient (Wildman–Crippen LogP) is 1.11. The van der Waals surface area contributed by atoms with Crippen molar-refractivity contribution in [2.24, 2.45) is 11.8 Å². The van der Waals surface area contributed by atoms with Crippen LogP contribution in [0, 0.1) is 11.8 Å². The second kappa shape index (κ2) is 8.98. The van der Waals surface area contributed by atoms with E-state index in [1.54, 1.807) is 20.8 Å². The molecule has 8 nitrogen and oxygen atoms in total. The van der Waals surface area contributed by atoms with Gasteiger partial charge in [0.1, 0.15) is 5.60 Å². The van der Waals surface area contributed by atoms with Gasteiger partial charge in [0.05, 0.1) is 17.4 Å². The molecule has 2 saturated heterocycles. The Bertz CT molecular complexity index is 664. The van der Waals surface area contributed by atoms with E-state index in [0.717, 1.165) is 0 Å². The van der Waals surface area contributed by atoms with Crippen molar-refractivity contribution in [3.8, 4) is 0 Å². The summed E-state index contributed by atoms with van der Waals surface area (Å²) in [5.41, 5.74) is -0.578. The van der Waals surface area contributed by atoms with Crippen molar-refractivity contribution in [1.29, 1.82) is 0 Å². The number of piperazine rings is 1. The molecule has 0 spiro atoms. The maximum atomic E-state index is 13.0. The number of rotatable bonds is 5. The summed E-state index contributed by atoms with van der Waals surface area (Å²) in [5.74, 6) is 0.300. The monoisotopic (exact) mass is 417 g/mol. The third-order valence-corrected chi connectivity index (χ3v) is 7.09. The third-order valence-electron chi connectivity index (χ3n) is 5.34.